The molecule has 0 aliphatic carbocycles. The van der Waals surface area contributed by atoms with Crippen LogP contribution in [0.2, 0.25) is 0 Å². The van der Waals surface area contributed by atoms with Crippen molar-refractivity contribution in [3.8, 4) is 16.9 Å². The number of hydrogen-bond acceptors (Lipinski definition) is 2. The number of ether oxygens (including phenoxy) is 2. The van der Waals surface area contributed by atoms with Crippen molar-refractivity contribution >= 4 is 0 Å². The molecule has 1 aliphatic rings. The van der Waals surface area contributed by atoms with Crippen molar-refractivity contribution in [3.63, 3.8) is 0 Å². The fraction of sp³-hybridized carbons (Fsp3) is 0.355. The van der Waals surface area contributed by atoms with Gasteiger partial charge in [-0.15, -0.1) is 6.58 Å². The molecule has 3 aromatic rings. The topological polar surface area (TPSA) is 18.5 Å². The standard InChI is InChI=1S/C31H30F6O2/c1-3-5-6-21-12-9-20(17-39-21)22-13-10-18(26(32)28(22)34)7-8-19-11-14-23(29(35)27(19)33)24-15-16-25(38-4-2)31(37)30(24)36/h3,10-11,13-16,20-21H,1,4-9,12,17H2,2H3. The molecule has 0 saturated carbocycles. The lowest BCUT2D eigenvalue weighted by atomic mass is 9.88. The normalized spacial score (nSPS) is 17.3. The summed E-state index contributed by atoms with van der Waals surface area (Å²) in [6.45, 7) is 5.69. The van der Waals surface area contributed by atoms with Crippen LogP contribution in [0.5, 0.6) is 5.75 Å². The van der Waals surface area contributed by atoms with Crippen LogP contribution in [-0.4, -0.2) is 19.3 Å². The lowest BCUT2D eigenvalue weighted by molar-refractivity contribution is -0.000895. The van der Waals surface area contributed by atoms with Crippen LogP contribution in [0.3, 0.4) is 0 Å². The minimum Gasteiger partial charge on any atom is -0.491 e. The lowest BCUT2D eigenvalue weighted by Crippen LogP contribution is -2.25. The minimum absolute atomic E-state index is 0.0281. The van der Waals surface area contributed by atoms with Crippen LogP contribution in [0, 0.1) is 34.9 Å². The minimum atomic E-state index is -1.36. The van der Waals surface area contributed by atoms with E-state index in [9.17, 15) is 26.3 Å². The van der Waals surface area contributed by atoms with Crippen LogP contribution < -0.4 is 4.74 Å². The quantitative estimate of drug-likeness (QED) is 0.187. The van der Waals surface area contributed by atoms with Crippen LogP contribution >= 0.6 is 0 Å². The van der Waals surface area contributed by atoms with Crippen molar-refractivity contribution in [2.24, 2.45) is 0 Å². The van der Waals surface area contributed by atoms with Crippen LogP contribution in [0.4, 0.5) is 26.3 Å². The molecule has 0 N–H and O–H groups in total. The van der Waals surface area contributed by atoms with E-state index in [0.29, 0.717) is 13.0 Å². The van der Waals surface area contributed by atoms with E-state index >= 15 is 0 Å². The number of aryl methyl sites for hydroxylation is 2. The Balaban J connectivity index is 1.47. The predicted molar refractivity (Wildman–Crippen MR) is 138 cm³/mol. The van der Waals surface area contributed by atoms with Crippen LogP contribution in [0.15, 0.2) is 49.1 Å². The Kier molecular flexibility index (Phi) is 9.38. The Morgan fingerprint density at radius 3 is 2.03 bits per heavy atom. The molecule has 2 unspecified atom stereocenters. The zero-order valence-corrected chi connectivity index (χ0v) is 21.6. The van der Waals surface area contributed by atoms with Crippen molar-refractivity contribution in [1.82, 2.24) is 0 Å². The summed E-state index contributed by atoms with van der Waals surface area (Å²) in [6, 6.07) is 7.60. The summed E-state index contributed by atoms with van der Waals surface area (Å²) in [5.41, 5.74) is -0.747. The van der Waals surface area contributed by atoms with Crippen molar-refractivity contribution in [1.29, 1.82) is 0 Å². The highest BCUT2D eigenvalue weighted by Crippen LogP contribution is 2.35. The summed E-state index contributed by atoms with van der Waals surface area (Å²) < 4.78 is 99.2. The molecule has 8 heteroatoms. The van der Waals surface area contributed by atoms with Gasteiger partial charge < -0.3 is 9.47 Å². The van der Waals surface area contributed by atoms with Gasteiger partial charge in [-0.2, -0.15) is 4.39 Å². The van der Waals surface area contributed by atoms with Crippen molar-refractivity contribution in [3.05, 3.63) is 101 Å². The molecule has 0 spiro atoms. The van der Waals surface area contributed by atoms with Crippen molar-refractivity contribution < 1.29 is 35.8 Å². The van der Waals surface area contributed by atoms with E-state index in [-0.39, 0.29) is 53.9 Å². The maximum atomic E-state index is 15.0. The summed E-state index contributed by atoms with van der Waals surface area (Å²) in [5.74, 6) is -7.86. The van der Waals surface area contributed by atoms with E-state index in [1.54, 1.807) is 6.92 Å². The second-order valence-corrected chi connectivity index (χ2v) is 9.61. The summed E-state index contributed by atoms with van der Waals surface area (Å²) in [5, 5.41) is 0. The highest BCUT2D eigenvalue weighted by atomic mass is 19.2. The van der Waals surface area contributed by atoms with E-state index in [2.05, 4.69) is 6.58 Å². The van der Waals surface area contributed by atoms with E-state index in [1.807, 2.05) is 6.08 Å². The fourth-order valence-electron chi connectivity index (χ4n) is 4.96. The summed E-state index contributed by atoms with van der Waals surface area (Å²) in [7, 11) is 0. The highest BCUT2D eigenvalue weighted by molar-refractivity contribution is 5.66. The van der Waals surface area contributed by atoms with E-state index in [0.717, 1.165) is 37.5 Å². The first-order valence-corrected chi connectivity index (χ1v) is 13.0. The monoisotopic (exact) mass is 548 g/mol. The summed E-state index contributed by atoms with van der Waals surface area (Å²) >= 11 is 0. The Morgan fingerprint density at radius 2 is 1.41 bits per heavy atom. The van der Waals surface area contributed by atoms with Crippen LogP contribution in [0.25, 0.3) is 11.1 Å². The second-order valence-electron chi connectivity index (χ2n) is 9.61. The molecular formula is C31H30F6O2. The van der Waals surface area contributed by atoms with E-state index < -0.39 is 46.0 Å². The van der Waals surface area contributed by atoms with Gasteiger partial charge in [-0.25, -0.2) is 22.0 Å². The molecule has 2 atom stereocenters. The Hall–Kier alpha value is -3.26. The molecule has 0 bridgehead atoms. The van der Waals surface area contributed by atoms with Gasteiger partial charge in [0.1, 0.15) is 0 Å². The van der Waals surface area contributed by atoms with Gasteiger partial charge in [-0.05, 0) is 74.3 Å². The van der Waals surface area contributed by atoms with E-state index in [4.69, 9.17) is 9.47 Å². The maximum Gasteiger partial charge on any atom is 0.201 e. The molecule has 4 rings (SSSR count). The Labute approximate surface area is 224 Å². The molecule has 39 heavy (non-hydrogen) atoms. The third kappa shape index (κ3) is 6.16. The molecule has 1 fully saturated rings. The molecule has 0 radical (unpaired) electrons. The molecule has 2 nitrogen and oxygen atoms in total. The Bertz CT molecular complexity index is 1330. The smallest absolute Gasteiger partial charge is 0.201 e. The molecule has 208 valence electrons. The number of allylic oxidation sites excluding steroid dienone is 1. The predicted octanol–water partition coefficient (Wildman–Crippen LogP) is 8.60. The average Bonchev–Trinajstić information content (AvgIpc) is 2.94. The van der Waals surface area contributed by atoms with Gasteiger partial charge in [0.2, 0.25) is 5.82 Å². The first-order chi connectivity index (χ1) is 18.8. The zero-order chi connectivity index (χ0) is 28.1. The van der Waals surface area contributed by atoms with Crippen molar-refractivity contribution in [2.45, 2.75) is 57.5 Å². The molecule has 1 heterocycles. The van der Waals surface area contributed by atoms with Gasteiger partial charge >= 0.3 is 0 Å². The fourth-order valence-corrected chi connectivity index (χ4v) is 4.96. The first-order valence-electron chi connectivity index (χ1n) is 13.0. The number of rotatable bonds is 10. The SMILES string of the molecule is C=CCCC1CCC(c2ccc(CCc3ccc(-c4ccc(OCC)c(F)c4F)c(F)c3F)c(F)c2F)CO1. The highest BCUT2D eigenvalue weighted by Gasteiger charge is 2.27. The zero-order valence-electron chi connectivity index (χ0n) is 21.6. The average molecular weight is 549 g/mol. The van der Waals surface area contributed by atoms with Gasteiger partial charge in [0, 0.05) is 17.0 Å². The molecule has 1 saturated heterocycles. The second kappa shape index (κ2) is 12.7. The third-order valence-electron chi connectivity index (χ3n) is 7.16. The van der Waals surface area contributed by atoms with Gasteiger partial charge in [0.25, 0.3) is 0 Å². The third-order valence-corrected chi connectivity index (χ3v) is 7.16. The molecule has 0 amide bonds. The van der Waals surface area contributed by atoms with Crippen LogP contribution in [-0.2, 0) is 17.6 Å². The Morgan fingerprint density at radius 1 is 0.795 bits per heavy atom. The van der Waals surface area contributed by atoms with Gasteiger partial charge in [-0.1, -0.05) is 30.3 Å². The number of halogens is 6. The molecule has 0 aromatic heterocycles. The van der Waals surface area contributed by atoms with Gasteiger partial charge in [0.05, 0.1) is 19.3 Å². The van der Waals surface area contributed by atoms with Crippen LogP contribution in [0.1, 0.15) is 55.2 Å². The molecule has 3 aromatic carbocycles. The number of hydrogen-bond donors (Lipinski definition) is 0. The van der Waals surface area contributed by atoms with E-state index in [1.165, 1.54) is 18.2 Å². The lowest BCUT2D eigenvalue weighted by Gasteiger charge is -2.29. The first kappa shape index (κ1) is 28.7. The molecular weight excluding hydrogens is 518 g/mol. The summed E-state index contributed by atoms with van der Waals surface area (Å²) in [4.78, 5) is 0. The van der Waals surface area contributed by atoms with Gasteiger partial charge in [-0.3, -0.25) is 0 Å². The largest absolute Gasteiger partial charge is 0.491 e. The summed E-state index contributed by atoms with van der Waals surface area (Å²) in [6.07, 6.45) is 4.78. The molecule has 1 aliphatic heterocycles. The van der Waals surface area contributed by atoms with Crippen molar-refractivity contribution in [2.75, 3.05) is 13.2 Å². The maximum absolute atomic E-state index is 15.0. The number of benzene rings is 3. The van der Waals surface area contributed by atoms with Gasteiger partial charge in [0.15, 0.2) is 34.8 Å².